The van der Waals surface area contributed by atoms with Gasteiger partial charge in [0.2, 0.25) is 10.0 Å². The molecular weight excluding hydrogens is 316 g/mol. The zero-order chi connectivity index (χ0) is 13.3. The Morgan fingerprint density at radius 2 is 2.22 bits per heavy atom. The number of nitrogens with zero attached hydrogens (tertiary/aromatic N) is 1. The number of nitrogen functional groups attached to an aromatic ring is 1. The number of benzene rings is 1. The van der Waals surface area contributed by atoms with Crippen LogP contribution in [0.2, 0.25) is 0 Å². The summed E-state index contributed by atoms with van der Waals surface area (Å²) < 4.78 is 27.2. The zero-order valence-electron chi connectivity index (χ0n) is 10.3. The third kappa shape index (κ3) is 2.55. The minimum absolute atomic E-state index is 0.211. The Hall–Kier alpha value is -0.590. The summed E-state index contributed by atoms with van der Waals surface area (Å²) in [5, 5.41) is 0. The van der Waals surface area contributed by atoms with Crippen LogP contribution in [-0.2, 0) is 10.0 Å². The molecule has 1 saturated heterocycles. The van der Waals surface area contributed by atoms with E-state index in [1.807, 2.05) is 0 Å². The van der Waals surface area contributed by atoms with Crippen molar-refractivity contribution in [2.45, 2.75) is 24.7 Å². The quantitative estimate of drug-likeness (QED) is 0.864. The fourth-order valence-electron chi connectivity index (χ4n) is 2.24. The van der Waals surface area contributed by atoms with Gasteiger partial charge in [-0.25, -0.2) is 8.42 Å². The molecule has 1 aromatic rings. The minimum atomic E-state index is -3.44. The van der Waals surface area contributed by atoms with Crippen molar-refractivity contribution >= 4 is 31.6 Å². The van der Waals surface area contributed by atoms with Gasteiger partial charge in [-0.3, -0.25) is 0 Å². The second-order valence-corrected chi connectivity index (χ2v) is 7.43. The standard InChI is InChI=1S/C12H17BrN2O2S/c1-2-9-5-6-15(8-9)18(16,17)12-4-3-10(13)7-11(12)14/h3-4,7,9H,2,5-6,8,14H2,1H3. The van der Waals surface area contributed by atoms with Crippen LogP contribution in [0.1, 0.15) is 19.8 Å². The first-order valence-corrected chi connectivity index (χ1v) is 8.23. The van der Waals surface area contributed by atoms with Crippen molar-refractivity contribution in [1.29, 1.82) is 0 Å². The molecule has 6 heteroatoms. The molecule has 4 nitrogen and oxygen atoms in total. The molecule has 100 valence electrons. The Bertz CT molecular complexity index is 545. The van der Waals surface area contributed by atoms with Gasteiger partial charge in [0.15, 0.2) is 0 Å². The number of hydrogen-bond donors (Lipinski definition) is 1. The van der Waals surface area contributed by atoms with E-state index in [2.05, 4.69) is 22.9 Å². The average Bonchev–Trinajstić information content (AvgIpc) is 2.77. The highest BCUT2D eigenvalue weighted by Gasteiger charge is 2.32. The Balaban J connectivity index is 2.31. The maximum absolute atomic E-state index is 12.5. The molecule has 1 atom stereocenters. The number of sulfonamides is 1. The topological polar surface area (TPSA) is 63.4 Å². The Kier molecular flexibility index (Phi) is 3.99. The van der Waals surface area contributed by atoms with Crippen LogP contribution in [0, 0.1) is 5.92 Å². The van der Waals surface area contributed by atoms with E-state index in [0.29, 0.717) is 24.7 Å². The number of nitrogens with two attached hydrogens (primary N) is 1. The molecule has 1 aliphatic heterocycles. The molecule has 2 N–H and O–H groups in total. The smallest absolute Gasteiger partial charge is 0.245 e. The summed E-state index contributed by atoms with van der Waals surface area (Å²) in [6.07, 6.45) is 1.95. The van der Waals surface area contributed by atoms with E-state index in [-0.39, 0.29) is 4.90 Å². The second-order valence-electron chi connectivity index (χ2n) is 4.61. The lowest BCUT2D eigenvalue weighted by molar-refractivity contribution is 0.453. The normalized spacial score (nSPS) is 21.3. The van der Waals surface area contributed by atoms with Gasteiger partial charge in [0, 0.05) is 17.6 Å². The van der Waals surface area contributed by atoms with Gasteiger partial charge < -0.3 is 5.73 Å². The van der Waals surface area contributed by atoms with E-state index in [1.54, 1.807) is 22.5 Å². The zero-order valence-corrected chi connectivity index (χ0v) is 12.7. The molecule has 0 radical (unpaired) electrons. The second kappa shape index (κ2) is 5.19. The Morgan fingerprint density at radius 1 is 1.50 bits per heavy atom. The van der Waals surface area contributed by atoms with Crippen molar-refractivity contribution in [3.63, 3.8) is 0 Å². The van der Waals surface area contributed by atoms with Crippen molar-refractivity contribution in [3.05, 3.63) is 22.7 Å². The first kappa shape index (κ1) is 13.8. The van der Waals surface area contributed by atoms with E-state index in [4.69, 9.17) is 5.73 Å². The average molecular weight is 333 g/mol. The summed E-state index contributed by atoms with van der Waals surface area (Å²) in [6, 6.07) is 4.89. The number of anilines is 1. The van der Waals surface area contributed by atoms with Crippen molar-refractivity contribution in [2.24, 2.45) is 5.92 Å². The van der Waals surface area contributed by atoms with E-state index in [9.17, 15) is 8.42 Å². The van der Waals surface area contributed by atoms with Crippen molar-refractivity contribution < 1.29 is 8.42 Å². The third-order valence-corrected chi connectivity index (χ3v) is 5.85. The Morgan fingerprint density at radius 3 is 2.78 bits per heavy atom. The monoisotopic (exact) mass is 332 g/mol. The van der Waals surface area contributed by atoms with Gasteiger partial charge in [-0.1, -0.05) is 29.3 Å². The van der Waals surface area contributed by atoms with Crippen LogP contribution < -0.4 is 5.73 Å². The van der Waals surface area contributed by atoms with E-state index in [0.717, 1.165) is 17.3 Å². The summed E-state index contributed by atoms with van der Waals surface area (Å²) >= 11 is 3.28. The Labute approximate surface area is 116 Å². The molecule has 1 fully saturated rings. The molecule has 18 heavy (non-hydrogen) atoms. The van der Waals surface area contributed by atoms with Crippen LogP contribution in [0.15, 0.2) is 27.6 Å². The number of rotatable bonds is 3. The molecule has 0 bridgehead atoms. The van der Waals surface area contributed by atoms with Gasteiger partial charge in [-0.2, -0.15) is 4.31 Å². The molecule has 1 aromatic carbocycles. The predicted molar refractivity (Wildman–Crippen MR) is 75.7 cm³/mol. The summed E-state index contributed by atoms with van der Waals surface area (Å²) in [5.74, 6) is 0.469. The maximum Gasteiger partial charge on any atom is 0.245 e. The van der Waals surface area contributed by atoms with Gasteiger partial charge in [-0.05, 0) is 30.5 Å². The lowest BCUT2D eigenvalue weighted by atomic mass is 10.1. The van der Waals surface area contributed by atoms with Gasteiger partial charge >= 0.3 is 0 Å². The fraction of sp³-hybridized carbons (Fsp3) is 0.500. The SMILES string of the molecule is CCC1CCN(S(=O)(=O)c2ccc(Br)cc2N)C1. The van der Waals surface area contributed by atoms with Crippen LogP contribution >= 0.6 is 15.9 Å². The summed E-state index contributed by atoms with van der Waals surface area (Å²) in [5.41, 5.74) is 6.10. The highest BCUT2D eigenvalue weighted by atomic mass is 79.9. The molecule has 0 spiro atoms. The molecule has 1 aliphatic rings. The molecule has 1 heterocycles. The van der Waals surface area contributed by atoms with Gasteiger partial charge in [0.05, 0.1) is 5.69 Å². The predicted octanol–water partition coefficient (Wildman–Crippen LogP) is 2.45. The number of halogens is 1. The van der Waals surface area contributed by atoms with Crippen LogP contribution in [0.4, 0.5) is 5.69 Å². The van der Waals surface area contributed by atoms with Crippen LogP contribution in [0.3, 0.4) is 0 Å². The molecule has 0 aromatic heterocycles. The van der Waals surface area contributed by atoms with E-state index < -0.39 is 10.0 Å². The highest BCUT2D eigenvalue weighted by Crippen LogP contribution is 2.30. The fourth-order valence-corrected chi connectivity index (χ4v) is 4.25. The molecule has 1 unspecified atom stereocenters. The van der Waals surface area contributed by atoms with Crippen molar-refractivity contribution in [2.75, 3.05) is 18.8 Å². The van der Waals surface area contributed by atoms with Crippen molar-refractivity contribution in [1.82, 2.24) is 4.31 Å². The first-order valence-electron chi connectivity index (χ1n) is 6.00. The summed E-state index contributed by atoms with van der Waals surface area (Å²) in [6.45, 7) is 3.29. The van der Waals surface area contributed by atoms with Gasteiger partial charge in [-0.15, -0.1) is 0 Å². The van der Waals surface area contributed by atoms with Crippen LogP contribution in [-0.4, -0.2) is 25.8 Å². The number of hydrogen-bond acceptors (Lipinski definition) is 3. The maximum atomic E-state index is 12.5. The van der Waals surface area contributed by atoms with E-state index >= 15 is 0 Å². The first-order chi connectivity index (χ1) is 8.45. The van der Waals surface area contributed by atoms with Crippen LogP contribution in [0.5, 0.6) is 0 Å². The van der Waals surface area contributed by atoms with Gasteiger partial charge in [0.1, 0.15) is 4.90 Å². The van der Waals surface area contributed by atoms with E-state index in [1.165, 1.54) is 0 Å². The molecule has 0 aliphatic carbocycles. The summed E-state index contributed by atoms with van der Waals surface area (Å²) in [7, 11) is -3.44. The third-order valence-electron chi connectivity index (χ3n) is 3.42. The molecule has 2 rings (SSSR count). The lowest BCUT2D eigenvalue weighted by Crippen LogP contribution is -2.29. The molecule has 0 saturated carbocycles. The van der Waals surface area contributed by atoms with Crippen LogP contribution in [0.25, 0.3) is 0 Å². The van der Waals surface area contributed by atoms with Crippen molar-refractivity contribution in [3.8, 4) is 0 Å². The molecular formula is C12H17BrN2O2S. The lowest BCUT2D eigenvalue weighted by Gasteiger charge is -2.17. The highest BCUT2D eigenvalue weighted by molar-refractivity contribution is 9.10. The van der Waals surface area contributed by atoms with Gasteiger partial charge in [0.25, 0.3) is 0 Å². The molecule has 0 amide bonds. The summed E-state index contributed by atoms with van der Waals surface area (Å²) in [4.78, 5) is 0.211. The minimum Gasteiger partial charge on any atom is -0.398 e. The largest absolute Gasteiger partial charge is 0.398 e.